The number of allylic oxidation sites excluding steroid dienone is 3. The van der Waals surface area contributed by atoms with Gasteiger partial charge in [0.05, 0.1) is 5.02 Å². The van der Waals surface area contributed by atoms with Gasteiger partial charge < -0.3 is 14.9 Å². The number of aromatic hydroxyl groups is 2. The molecular formula is C23H27ClO4. The Hall–Kier alpha value is -2.04. The quantitative estimate of drug-likeness (QED) is 0.568. The average molecular weight is 403 g/mol. The summed E-state index contributed by atoms with van der Waals surface area (Å²) < 4.78 is 6.08. The largest absolute Gasteiger partial charge is 0.507 e. The highest BCUT2D eigenvalue weighted by Crippen LogP contribution is 2.44. The number of halogens is 1. The third-order valence-electron chi connectivity index (χ3n) is 5.64. The summed E-state index contributed by atoms with van der Waals surface area (Å²) in [5, 5.41) is 21.6. The minimum absolute atomic E-state index is 0.0481. The van der Waals surface area contributed by atoms with Gasteiger partial charge in [0, 0.05) is 16.7 Å². The number of benzene rings is 1. The number of hydrogen-bond acceptors (Lipinski definition) is 4. The lowest BCUT2D eigenvalue weighted by molar-refractivity contribution is -0.128. The molecule has 1 aromatic rings. The third kappa shape index (κ3) is 3.51. The molecule has 1 saturated heterocycles. The summed E-state index contributed by atoms with van der Waals surface area (Å²) in [7, 11) is 0. The van der Waals surface area contributed by atoms with Crippen molar-refractivity contribution in [3.05, 3.63) is 50.6 Å². The van der Waals surface area contributed by atoms with E-state index in [-0.39, 0.29) is 22.3 Å². The predicted molar refractivity (Wildman–Crippen MR) is 112 cm³/mol. The zero-order valence-electron chi connectivity index (χ0n) is 17.0. The molecule has 1 unspecified atom stereocenters. The SMILES string of the molecule is CC1=CCc2c(O)c(Cl)c(C)c(c2O)C=C2C(=O)C(C)(C)OC2C(C)=CCC1. The van der Waals surface area contributed by atoms with E-state index in [1.165, 1.54) is 0 Å². The normalized spacial score (nSPS) is 22.3. The van der Waals surface area contributed by atoms with Crippen LogP contribution in [0.15, 0.2) is 28.9 Å². The molecule has 28 heavy (non-hydrogen) atoms. The molecule has 1 aliphatic heterocycles. The van der Waals surface area contributed by atoms with Gasteiger partial charge in [-0.3, -0.25) is 4.79 Å². The maximum atomic E-state index is 13.0. The first-order valence-corrected chi connectivity index (χ1v) is 9.91. The zero-order chi connectivity index (χ0) is 20.8. The van der Waals surface area contributed by atoms with Gasteiger partial charge in [-0.2, -0.15) is 0 Å². The van der Waals surface area contributed by atoms with Crippen molar-refractivity contribution in [1.29, 1.82) is 0 Å². The van der Waals surface area contributed by atoms with Crippen molar-refractivity contribution >= 4 is 23.5 Å². The fraction of sp³-hybridized carbons (Fsp3) is 0.435. The minimum atomic E-state index is -0.939. The molecule has 1 atom stereocenters. The van der Waals surface area contributed by atoms with Crippen molar-refractivity contribution in [2.75, 3.05) is 0 Å². The number of hydrogen-bond donors (Lipinski definition) is 2. The Balaban J connectivity index is 2.31. The van der Waals surface area contributed by atoms with Crippen molar-refractivity contribution in [3.8, 4) is 11.5 Å². The van der Waals surface area contributed by atoms with Crippen LogP contribution >= 0.6 is 11.6 Å². The molecule has 1 aromatic carbocycles. The number of fused-ring (bicyclic) bond motifs is 3. The molecule has 150 valence electrons. The van der Waals surface area contributed by atoms with E-state index < -0.39 is 11.7 Å². The minimum Gasteiger partial charge on any atom is -0.507 e. The number of Topliss-reactive ketones (excluding diaryl/α,β-unsaturated/α-hetero) is 1. The molecule has 0 spiro atoms. The molecule has 5 heteroatoms. The van der Waals surface area contributed by atoms with Crippen LogP contribution in [0.5, 0.6) is 11.5 Å². The first-order chi connectivity index (χ1) is 13.0. The molecule has 1 heterocycles. The summed E-state index contributed by atoms with van der Waals surface area (Å²) in [5.74, 6) is -0.273. The standard InChI is InChI=1S/C23H27ClO4/c1-12-7-6-8-13(2)21-17(22(27)23(4,5)28-21)11-16-14(3)18(24)20(26)15(10-9-12)19(16)25/h8-9,11,21,25-26H,6-7,10H2,1-5H3. The molecule has 2 aliphatic rings. The van der Waals surface area contributed by atoms with Crippen LogP contribution in [-0.2, 0) is 16.0 Å². The summed E-state index contributed by atoms with van der Waals surface area (Å²) in [6.45, 7) is 9.23. The highest BCUT2D eigenvalue weighted by molar-refractivity contribution is 6.33. The van der Waals surface area contributed by atoms with Crippen LogP contribution in [0.1, 0.15) is 57.2 Å². The van der Waals surface area contributed by atoms with E-state index in [2.05, 4.69) is 6.08 Å². The fourth-order valence-corrected chi connectivity index (χ4v) is 3.99. The number of ketones is 1. The average Bonchev–Trinajstić information content (AvgIpc) is 2.86. The fourth-order valence-electron chi connectivity index (χ4n) is 3.78. The number of rotatable bonds is 0. The van der Waals surface area contributed by atoms with Gasteiger partial charge in [0.1, 0.15) is 23.2 Å². The molecule has 0 saturated carbocycles. The lowest BCUT2D eigenvalue weighted by atomic mass is 9.91. The van der Waals surface area contributed by atoms with Crippen molar-refractivity contribution in [2.45, 2.75) is 65.6 Å². The van der Waals surface area contributed by atoms with Crippen LogP contribution in [0.2, 0.25) is 5.02 Å². The van der Waals surface area contributed by atoms with Gasteiger partial charge in [0.15, 0.2) is 5.78 Å². The van der Waals surface area contributed by atoms with E-state index >= 15 is 0 Å². The highest BCUT2D eigenvalue weighted by Gasteiger charge is 2.45. The van der Waals surface area contributed by atoms with Gasteiger partial charge in [-0.1, -0.05) is 29.3 Å². The lowest BCUT2D eigenvalue weighted by Crippen LogP contribution is -2.27. The first kappa shape index (κ1) is 20.7. The van der Waals surface area contributed by atoms with Gasteiger partial charge in [-0.05, 0) is 71.1 Å². The Morgan fingerprint density at radius 2 is 1.82 bits per heavy atom. The third-order valence-corrected chi connectivity index (χ3v) is 6.11. The maximum absolute atomic E-state index is 13.0. The highest BCUT2D eigenvalue weighted by atomic mass is 35.5. The Labute approximate surface area is 171 Å². The summed E-state index contributed by atoms with van der Waals surface area (Å²) in [4.78, 5) is 13.0. The van der Waals surface area contributed by atoms with E-state index in [1.54, 1.807) is 26.8 Å². The Kier molecular flexibility index (Phi) is 5.48. The monoisotopic (exact) mass is 402 g/mol. The number of ether oxygens (including phenoxy) is 1. The van der Waals surface area contributed by atoms with Gasteiger partial charge in [-0.15, -0.1) is 0 Å². The van der Waals surface area contributed by atoms with Crippen LogP contribution in [0.25, 0.3) is 6.08 Å². The van der Waals surface area contributed by atoms with Crippen LogP contribution in [0.4, 0.5) is 0 Å². The molecule has 1 fully saturated rings. The topological polar surface area (TPSA) is 66.8 Å². The van der Waals surface area contributed by atoms with E-state index in [9.17, 15) is 15.0 Å². The molecule has 0 aromatic heterocycles. The Morgan fingerprint density at radius 3 is 2.50 bits per heavy atom. The summed E-state index contributed by atoms with van der Waals surface area (Å²) in [6.07, 6.45) is 7.33. The second-order valence-electron chi connectivity index (χ2n) is 8.21. The number of carbonyl (C=O) groups excluding carboxylic acids is 1. The van der Waals surface area contributed by atoms with E-state index in [0.717, 1.165) is 24.0 Å². The predicted octanol–water partition coefficient (Wildman–Crippen LogP) is 5.42. The van der Waals surface area contributed by atoms with Gasteiger partial charge >= 0.3 is 0 Å². The number of phenols is 2. The first-order valence-electron chi connectivity index (χ1n) is 9.54. The number of carbonyl (C=O) groups is 1. The zero-order valence-corrected chi connectivity index (χ0v) is 17.8. The lowest BCUT2D eigenvalue weighted by Gasteiger charge is -2.17. The molecule has 0 amide bonds. The second kappa shape index (κ2) is 7.41. The smallest absolute Gasteiger partial charge is 0.193 e. The van der Waals surface area contributed by atoms with Gasteiger partial charge in [0.25, 0.3) is 0 Å². The number of phenolic OH excluding ortho intramolecular Hbond substituents is 2. The van der Waals surface area contributed by atoms with Crippen LogP contribution in [-0.4, -0.2) is 27.7 Å². The van der Waals surface area contributed by atoms with Crippen molar-refractivity contribution < 1.29 is 19.7 Å². The van der Waals surface area contributed by atoms with Crippen LogP contribution in [0, 0.1) is 6.92 Å². The molecular weight excluding hydrogens is 376 g/mol. The van der Waals surface area contributed by atoms with Crippen LogP contribution in [0.3, 0.4) is 0 Å². The summed E-state index contributed by atoms with van der Waals surface area (Å²) in [5.41, 5.74) is 3.02. The molecule has 0 radical (unpaired) electrons. The van der Waals surface area contributed by atoms with Crippen molar-refractivity contribution in [2.24, 2.45) is 0 Å². The van der Waals surface area contributed by atoms with Gasteiger partial charge in [-0.25, -0.2) is 0 Å². The molecule has 2 N–H and O–H groups in total. The summed E-state index contributed by atoms with van der Waals surface area (Å²) >= 11 is 6.36. The maximum Gasteiger partial charge on any atom is 0.193 e. The Morgan fingerprint density at radius 1 is 1.14 bits per heavy atom. The van der Waals surface area contributed by atoms with Crippen molar-refractivity contribution in [3.63, 3.8) is 0 Å². The Bertz CT molecular complexity index is 935. The van der Waals surface area contributed by atoms with Gasteiger partial charge in [0.2, 0.25) is 0 Å². The van der Waals surface area contributed by atoms with E-state index in [4.69, 9.17) is 16.3 Å². The molecule has 4 nitrogen and oxygen atoms in total. The van der Waals surface area contributed by atoms with Crippen molar-refractivity contribution in [1.82, 2.24) is 0 Å². The molecule has 3 rings (SSSR count). The summed E-state index contributed by atoms with van der Waals surface area (Å²) in [6, 6.07) is 0. The molecule has 2 bridgehead atoms. The molecule has 1 aliphatic carbocycles. The van der Waals surface area contributed by atoms with Crippen LogP contribution < -0.4 is 0 Å². The second-order valence-corrected chi connectivity index (χ2v) is 8.58. The van der Waals surface area contributed by atoms with E-state index in [1.807, 2.05) is 19.9 Å². The van der Waals surface area contributed by atoms with E-state index in [0.29, 0.717) is 28.7 Å².